The maximum Gasteiger partial charge on any atom is 0.310 e. The number of esters is 1. The number of piperidine rings is 1. The van der Waals surface area contributed by atoms with E-state index in [1.54, 1.807) is 30.0 Å². The number of benzene rings is 1. The smallest absolute Gasteiger partial charge is 0.310 e. The standard InChI is InChI=1S/C16H22N2O5S/c1-3-23-16(20)13-7-5-9-18(11-13)15(19)12-6-4-8-14(10-12)17-24(2,21)22/h4,6,8,10,13,17H,3,5,7,9,11H2,1-2H3/t13-/m1/s1. The Morgan fingerprint density at radius 3 is 2.79 bits per heavy atom. The van der Waals surface area contributed by atoms with Crippen LogP contribution in [0.4, 0.5) is 5.69 Å². The predicted octanol–water partition coefficient (Wildman–Crippen LogP) is 1.47. The van der Waals surface area contributed by atoms with Gasteiger partial charge in [0.25, 0.3) is 5.91 Å². The van der Waals surface area contributed by atoms with E-state index in [0.717, 1.165) is 12.7 Å². The maximum absolute atomic E-state index is 12.6. The van der Waals surface area contributed by atoms with Gasteiger partial charge in [0, 0.05) is 24.3 Å². The first-order valence-corrected chi connectivity index (χ1v) is 9.73. The molecule has 8 heteroatoms. The van der Waals surface area contributed by atoms with E-state index in [0.29, 0.717) is 37.4 Å². The summed E-state index contributed by atoms with van der Waals surface area (Å²) in [6, 6.07) is 6.32. The maximum atomic E-state index is 12.6. The number of nitrogens with one attached hydrogen (secondary N) is 1. The first kappa shape index (κ1) is 18.3. The molecule has 1 N–H and O–H groups in total. The van der Waals surface area contributed by atoms with Crippen molar-refractivity contribution in [1.29, 1.82) is 0 Å². The molecule has 1 saturated heterocycles. The van der Waals surface area contributed by atoms with Gasteiger partial charge in [-0.1, -0.05) is 6.07 Å². The van der Waals surface area contributed by atoms with E-state index < -0.39 is 10.0 Å². The van der Waals surface area contributed by atoms with Gasteiger partial charge in [0.1, 0.15) is 0 Å². The normalized spacial score (nSPS) is 18.1. The van der Waals surface area contributed by atoms with E-state index in [1.165, 1.54) is 6.07 Å². The molecule has 0 saturated carbocycles. The predicted molar refractivity (Wildman–Crippen MR) is 90.2 cm³/mol. The van der Waals surface area contributed by atoms with Gasteiger partial charge in [-0.05, 0) is 38.0 Å². The van der Waals surface area contributed by atoms with Crippen LogP contribution < -0.4 is 4.72 Å². The molecular formula is C16H22N2O5S. The van der Waals surface area contributed by atoms with Crippen LogP contribution in [-0.4, -0.2) is 51.1 Å². The Morgan fingerprint density at radius 2 is 2.12 bits per heavy atom. The lowest BCUT2D eigenvalue weighted by Crippen LogP contribution is -2.42. The fourth-order valence-corrected chi connectivity index (χ4v) is 3.28. The third kappa shape index (κ3) is 4.95. The van der Waals surface area contributed by atoms with Crippen LogP contribution in [0.1, 0.15) is 30.1 Å². The summed E-state index contributed by atoms with van der Waals surface area (Å²) in [6.07, 6.45) is 2.49. The number of hydrogen-bond donors (Lipinski definition) is 1. The van der Waals surface area contributed by atoms with Gasteiger partial charge in [0.2, 0.25) is 10.0 Å². The lowest BCUT2D eigenvalue weighted by Gasteiger charge is -2.31. The molecule has 1 fully saturated rings. The summed E-state index contributed by atoms with van der Waals surface area (Å²) in [5.74, 6) is -0.802. The molecule has 1 aliphatic rings. The van der Waals surface area contributed by atoms with E-state index in [-0.39, 0.29) is 17.8 Å². The summed E-state index contributed by atoms with van der Waals surface area (Å²) in [5.41, 5.74) is 0.718. The van der Waals surface area contributed by atoms with Crippen molar-refractivity contribution in [2.75, 3.05) is 30.7 Å². The van der Waals surface area contributed by atoms with Crippen molar-refractivity contribution < 1.29 is 22.7 Å². The topological polar surface area (TPSA) is 92.8 Å². The minimum atomic E-state index is -3.41. The highest BCUT2D eigenvalue weighted by Crippen LogP contribution is 2.21. The number of rotatable bonds is 5. The van der Waals surface area contributed by atoms with Crippen molar-refractivity contribution in [3.8, 4) is 0 Å². The summed E-state index contributed by atoms with van der Waals surface area (Å²) >= 11 is 0. The van der Waals surface area contributed by atoms with Gasteiger partial charge in [0.05, 0.1) is 18.8 Å². The van der Waals surface area contributed by atoms with E-state index >= 15 is 0 Å². The zero-order valence-corrected chi connectivity index (χ0v) is 14.6. The minimum Gasteiger partial charge on any atom is -0.466 e. The lowest BCUT2D eigenvalue weighted by atomic mass is 9.97. The molecule has 1 aromatic carbocycles. The Labute approximate surface area is 142 Å². The number of amides is 1. The molecule has 1 heterocycles. The van der Waals surface area contributed by atoms with Crippen LogP contribution >= 0.6 is 0 Å². The second-order valence-electron chi connectivity index (χ2n) is 5.80. The number of carbonyl (C=O) groups is 2. The SMILES string of the molecule is CCOC(=O)[C@@H]1CCCN(C(=O)c2cccc(NS(C)(=O)=O)c2)C1. The molecule has 2 rings (SSSR count). The average Bonchev–Trinajstić information content (AvgIpc) is 2.53. The molecule has 1 aromatic rings. The van der Waals surface area contributed by atoms with Crippen molar-refractivity contribution in [3.05, 3.63) is 29.8 Å². The Kier molecular flexibility index (Phi) is 5.82. The zero-order chi connectivity index (χ0) is 17.7. The molecule has 0 spiro atoms. The number of likely N-dealkylation sites (tertiary alicyclic amines) is 1. The van der Waals surface area contributed by atoms with Crippen LogP contribution in [0.5, 0.6) is 0 Å². The number of hydrogen-bond acceptors (Lipinski definition) is 5. The number of ether oxygens (including phenoxy) is 1. The van der Waals surface area contributed by atoms with Crippen molar-refractivity contribution in [3.63, 3.8) is 0 Å². The largest absolute Gasteiger partial charge is 0.466 e. The Balaban J connectivity index is 2.10. The third-order valence-electron chi connectivity index (χ3n) is 3.74. The van der Waals surface area contributed by atoms with Gasteiger partial charge in [-0.2, -0.15) is 0 Å². The second kappa shape index (κ2) is 7.65. The van der Waals surface area contributed by atoms with Crippen LogP contribution in [0.15, 0.2) is 24.3 Å². The molecule has 0 radical (unpaired) electrons. The van der Waals surface area contributed by atoms with E-state index in [9.17, 15) is 18.0 Å². The molecule has 0 aromatic heterocycles. The molecule has 132 valence electrons. The molecule has 24 heavy (non-hydrogen) atoms. The van der Waals surface area contributed by atoms with Crippen LogP contribution in [0.3, 0.4) is 0 Å². The van der Waals surface area contributed by atoms with Crippen molar-refractivity contribution >= 4 is 27.6 Å². The Hall–Kier alpha value is -2.09. The van der Waals surface area contributed by atoms with Crippen molar-refractivity contribution in [2.45, 2.75) is 19.8 Å². The van der Waals surface area contributed by atoms with E-state index in [2.05, 4.69) is 4.72 Å². The number of nitrogens with zero attached hydrogens (tertiary/aromatic N) is 1. The molecular weight excluding hydrogens is 332 g/mol. The molecule has 1 amide bonds. The zero-order valence-electron chi connectivity index (χ0n) is 13.8. The highest BCUT2D eigenvalue weighted by Gasteiger charge is 2.29. The first-order chi connectivity index (χ1) is 11.3. The van der Waals surface area contributed by atoms with Gasteiger partial charge in [-0.15, -0.1) is 0 Å². The summed E-state index contributed by atoms with van der Waals surface area (Å²) in [5, 5.41) is 0. The molecule has 0 aliphatic carbocycles. The summed E-state index contributed by atoms with van der Waals surface area (Å²) < 4.78 is 30.0. The number of anilines is 1. The molecule has 1 aliphatic heterocycles. The van der Waals surface area contributed by atoms with Crippen molar-refractivity contribution in [1.82, 2.24) is 4.90 Å². The van der Waals surface area contributed by atoms with Crippen LogP contribution in [-0.2, 0) is 19.6 Å². The Morgan fingerprint density at radius 1 is 1.38 bits per heavy atom. The van der Waals surface area contributed by atoms with E-state index in [1.807, 2.05) is 0 Å². The van der Waals surface area contributed by atoms with Crippen LogP contribution in [0.25, 0.3) is 0 Å². The monoisotopic (exact) mass is 354 g/mol. The average molecular weight is 354 g/mol. The quantitative estimate of drug-likeness (QED) is 0.809. The number of carbonyl (C=O) groups excluding carboxylic acids is 2. The van der Waals surface area contributed by atoms with E-state index in [4.69, 9.17) is 4.74 Å². The van der Waals surface area contributed by atoms with Gasteiger partial charge >= 0.3 is 5.97 Å². The summed E-state index contributed by atoms with van der Waals surface area (Å²) in [7, 11) is -3.41. The second-order valence-corrected chi connectivity index (χ2v) is 7.55. The van der Waals surface area contributed by atoms with Crippen LogP contribution in [0, 0.1) is 5.92 Å². The van der Waals surface area contributed by atoms with Gasteiger partial charge in [-0.25, -0.2) is 8.42 Å². The lowest BCUT2D eigenvalue weighted by molar-refractivity contribution is -0.149. The van der Waals surface area contributed by atoms with Gasteiger partial charge in [-0.3, -0.25) is 14.3 Å². The van der Waals surface area contributed by atoms with Crippen LogP contribution in [0.2, 0.25) is 0 Å². The third-order valence-corrected chi connectivity index (χ3v) is 4.35. The first-order valence-electron chi connectivity index (χ1n) is 7.84. The van der Waals surface area contributed by atoms with Gasteiger partial charge < -0.3 is 9.64 Å². The summed E-state index contributed by atoms with van der Waals surface area (Å²) in [4.78, 5) is 26.1. The van der Waals surface area contributed by atoms with Crippen molar-refractivity contribution in [2.24, 2.45) is 5.92 Å². The Bertz CT molecular complexity index is 717. The minimum absolute atomic E-state index is 0.221. The molecule has 1 atom stereocenters. The highest BCUT2D eigenvalue weighted by atomic mass is 32.2. The molecule has 7 nitrogen and oxygen atoms in total. The fourth-order valence-electron chi connectivity index (χ4n) is 2.73. The molecule has 0 bridgehead atoms. The number of sulfonamides is 1. The van der Waals surface area contributed by atoms with Gasteiger partial charge in [0.15, 0.2) is 0 Å². The fraction of sp³-hybridized carbons (Fsp3) is 0.500. The highest BCUT2D eigenvalue weighted by molar-refractivity contribution is 7.92. The summed E-state index contributed by atoms with van der Waals surface area (Å²) in [6.45, 7) is 2.96. The molecule has 0 unspecified atom stereocenters.